The molecule has 2 fully saturated rings. The van der Waals surface area contributed by atoms with Crippen LogP contribution in [0.2, 0.25) is 0 Å². The first-order chi connectivity index (χ1) is 14.8. The fourth-order valence-corrected chi connectivity index (χ4v) is 6.13. The molecular weight excluding hydrogens is 416 g/mol. The van der Waals surface area contributed by atoms with Gasteiger partial charge in [-0.3, -0.25) is 4.68 Å². The summed E-state index contributed by atoms with van der Waals surface area (Å²) in [5.74, 6) is 1.69. The van der Waals surface area contributed by atoms with Gasteiger partial charge in [0.1, 0.15) is 4.90 Å². The summed E-state index contributed by atoms with van der Waals surface area (Å²) in [5.41, 5.74) is 1.26. The third-order valence-corrected chi connectivity index (χ3v) is 8.39. The summed E-state index contributed by atoms with van der Waals surface area (Å²) in [5, 5.41) is 13.2. The van der Waals surface area contributed by atoms with Crippen LogP contribution in [0.15, 0.2) is 17.0 Å². The molecule has 4 rings (SSSR count). The molecule has 0 amide bonds. The Hall–Kier alpha value is -2.24. The van der Waals surface area contributed by atoms with Crippen LogP contribution in [0.4, 0.5) is 11.6 Å². The Balaban J connectivity index is 1.41. The van der Waals surface area contributed by atoms with Gasteiger partial charge in [-0.05, 0) is 40.0 Å². The molecule has 2 aliphatic rings. The van der Waals surface area contributed by atoms with E-state index in [4.69, 9.17) is 0 Å². The zero-order chi connectivity index (χ0) is 22.2. The van der Waals surface area contributed by atoms with Gasteiger partial charge >= 0.3 is 0 Å². The molecule has 2 aromatic heterocycles. The summed E-state index contributed by atoms with van der Waals surface area (Å²) >= 11 is 0. The third-order valence-electron chi connectivity index (χ3n) is 6.24. The first-order valence-electron chi connectivity index (χ1n) is 10.9. The van der Waals surface area contributed by atoms with Crippen molar-refractivity contribution in [3.05, 3.63) is 23.5 Å². The monoisotopic (exact) mass is 448 g/mol. The molecule has 10 nitrogen and oxygen atoms in total. The highest BCUT2D eigenvalue weighted by Crippen LogP contribution is 2.25. The Morgan fingerprint density at radius 2 is 1.39 bits per heavy atom. The van der Waals surface area contributed by atoms with Crippen molar-refractivity contribution in [3.63, 3.8) is 0 Å². The molecule has 2 aromatic rings. The number of aromatic nitrogens is 4. The van der Waals surface area contributed by atoms with Crippen LogP contribution in [0.5, 0.6) is 0 Å². The van der Waals surface area contributed by atoms with E-state index in [9.17, 15) is 8.42 Å². The van der Waals surface area contributed by atoms with Crippen molar-refractivity contribution in [1.29, 1.82) is 0 Å². The minimum Gasteiger partial charge on any atom is -0.353 e. The van der Waals surface area contributed by atoms with Gasteiger partial charge in [0.05, 0.1) is 11.4 Å². The summed E-state index contributed by atoms with van der Waals surface area (Å²) in [4.78, 5) is 7.01. The van der Waals surface area contributed by atoms with E-state index in [0.29, 0.717) is 49.0 Å². The molecule has 0 atom stereocenters. The second-order valence-corrected chi connectivity index (χ2v) is 10.1. The second kappa shape index (κ2) is 8.71. The molecule has 170 valence electrons. The van der Waals surface area contributed by atoms with Gasteiger partial charge in [-0.15, -0.1) is 10.2 Å². The summed E-state index contributed by atoms with van der Waals surface area (Å²) in [7, 11) is -1.44. The van der Waals surface area contributed by atoms with Gasteiger partial charge in [-0.2, -0.15) is 9.40 Å². The lowest BCUT2D eigenvalue weighted by Crippen LogP contribution is -2.49. The number of aryl methyl sites for hydroxylation is 2. The first kappa shape index (κ1) is 22.0. The van der Waals surface area contributed by atoms with E-state index in [1.54, 1.807) is 15.9 Å². The van der Waals surface area contributed by atoms with Crippen LogP contribution in [0.25, 0.3) is 0 Å². The second-order valence-electron chi connectivity index (χ2n) is 8.25. The van der Waals surface area contributed by atoms with E-state index in [0.717, 1.165) is 37.8 Å². The Labute approximate surface area is 184 Å². The van der Waals surface area contributed by atoms with E-state index < -0.39 is 10.0 Å². The van der Waals surface area contributed by atoms with Crippen molar-refractivity contribution < 1.29 is 8.42 Å². The molecule has 11 heteroatoms. The highest BCUT2D eigenvalue weighted by Gasteiger charge is 2.33. The molecule has 0 saturated carbocycles. The van der Waals surface area contributed by atoms with Crippen molar-refractivity contribution in [2.45, 2.75) is 32.2 Å². The normalized spacial score (nSPS) is 19.2. The van der Waals surface area contributed by atoms with Crippen LogP contribution in [0.3, 0.4) is 0 Å². The average molecular weight is 449 g/mol. The van der Waals surface area contributed by atoms with E-state index in [1.807, 2.05) is 26.0 Å². The Bertz CT molecular complexity index is 1000. The van der Waals surface area contributed by atoms with Gasteiger partial charge in [-0.25, -0.2) is 8.42 Å². The minimum absolute atomic E-state index is 0.346. The highest BCUT2D eigenvalue weighted by molar-refractivity contribution is 7.89. The number of likely N-dealkylation sites (N-methyl/N-ethyl adjacent to an activating group) is 1. The van der Waals surface area contributed by atoms with Crippen molar-refractivity contribution in [2.75, 3.05) is 69.2 Å². The molecule has 4 heterocycles. The Morgan fingerprint density at radius 1 is 0.871 bits per heavy atom. The Morgan fingerprint density at radius 3 is 1.84 bits per heavy atom. The van der Waals surface area contributed by atoms with E-state index >= 15 is 0 Å². The van der Waals surface area contributed by atoms with Gasteiger partial charge in [-0.1, -0.05) is 0 Å². The summed E-state index contributed by atoms with van der Waals surface area (Å²) < 4.78 is 29.8. The van der Waals surface area contributed by atoms with Gasteiger partial charge in [0.2, 0.25) is 10.0 Å². The molecule has 2 saturated heterocycles. The SMILES string of the molecule is CCn1nc(C)c(S(=O)(=O)N2CCN(c3ccc(N4CCN(C)CC4)nn3)CC2)c1C. The Kier molecular flexibility index (Phi) is 6.18. The number of hydrogen-bond acceptors (Lipinski definition) is 8. The topological polar surface area (TPSA) is 90.7 Å². The molecule has 0 bridgehead atoms. The lowest BCUT2D eigenvalue weighted by atomic mass is 10.3. The van der Waals surface area contributed by atoms with Crippen LogP contribution in [-0.4, -0.2) is 97.0 Å². The zero-order valence-corrected chi connectivity index (χ0v) is 19.6. The third kappa shape index (κ3) is 4.26. The van der Waals surface area contributed by atoms with Gasteiger partial charge in [0.15, 0.2) is 11.6 Å². The van der Waals surface area contributed by atoms with Crippen molar-refractivity contribution >= 4 is 21.7 Å². The van der Waals surface area contributed by atoms with Gasteiger partial charge in [0, 0.05) is 58.9 Å². The maximum Gasteiger partial charge on any atom is 0.246 e. The standard InChI is InChI=1S/C20H32N8O2S/c1-5-28-17(3)20(16(2)23-28)31(29,30)27-14-12-26(13-15-27)19-7-6-18(21-22-19)25-10-8-24(4)9-11-25/h6-7H,5,8-15H2,1-4H3. The van der Waals surface area contributed by atoms with Crippen LogP contribution >= 0.6 is 0 Å². The number of rotatable bonds is 5. The predicted octanol–water partition coefficient (Wildman–Crippen LogP) is 0.573. The van der Waals surface area contributed by atoms with E-state index in [1.165, 1.54) is 0 Å². The molecule has 0 spiro atoms. The van der Waals surface area contributed by atoms with Crippen LogP contribution in [0, 0.1) is 13.8 Å². The molecular formula is C20H32N8O2S. The van der Waals surface area contributed by atoms with Crippen molar-refractivity contribution in [2.24, 2.45) is 0 Å². The van der Waals surface area contributed by atoms with Crippen LogP contribution < -0.4 is 9.80 Å². The minimum atomic E-state index is -3.57. The maximum atomic E-state index is 13.3. The van der Waals surface area contributed by atoms with Gasteiger partial charge in [0.25, 0.3) is 0 Å². The zero-order valence-electron chi connectivity index (χ0n) is 18.8. The van der Waals surface area contributed by atoms with Crippen LogP contribution in [-0.2, 0) is 16.6 Å². The average Bonchev–Trinajstić information content (AvgIpc) is 3.08. The van der Waals surface area contributed by atoms with Crippen molar-refractivity contribution in [1.82, 2.24) is 29.2 Å². The highest BCUT2D eigenvalue weighted by atomic mass is 32.2. The number of piperazine rings is 2. The summed E-state index contributed by atoms with van der Waals surface area (Å²) in [6.45, 7) is 12.2. The van der Waals surface area contributed by atoms with E-state index in [2.05, 4.69) is 37.0 Å². The van der Waals surface area contributed by atoms with Crippen LogP contribution in [0.1, 0.15) is 18.3 Å². The quantitative estimate of drug-likeness (QED) is 0.656. The summed E-state index contributed by atoms with van der Waals surface area (Å²) in [6, 6.07) is 4.01. The van der Waals surface area contributed by atoms with Crippen molar-refractivity contribution in [3.8, 4) is 0 Å². The lowest BCUT2D eigenvalue weighted by Gasteiger charge is -2.35. The largest absolute Gasteiger partial charge is 0.353 e. The van der Waals surface area contributed by atoms with E-state index in [-0.39, 0.29) is 0 Å². The molecule has 0 aliphatic carbocycles. The fourth-order valence-electron chi connectivity index (χ4n) is 4.34. The predicted molar refractivity (Wildman–Crippen MR) is 120 cm³/mol. The molecule has 0 N–H and O–H groups in total. The first-order valence-corrected chi connectivity index (χ1v) is 12.3. The maximum absolute atomic E-state index is 13.3. The van der Waals surface area contributed by atoms with Gasteiger partial charge < -0.3 is 14.7 Å². The number of nitrogens with zero attached hydrogens (tertiary/aromatic N) is 8. The molecule has 31 heavy (non-hydrogen) atoms. The molecule has 0 unspecified atom stereocenters. The lowest BCUT2D eigenvalue weighted by molar-refractivity contribution is 0.312. The fraction of sp³-hybridized carbons (Fsp3) is 0.650. The number of anilines is 2. The molecule has 0 aromatic carbocycles. The molecule has 0 radical (unpaired) electrons. The molecule has 2 aliphatic heterocycles. The number of sulfonamides is 1. The smallest absolute Gasteiger partial charge is 0.246 e. The summed E-state index contributed by atoms with van der Waals surface area (Å²) in [6.07, 6.45) is 0. The number of hydrogen-bond donors (Lipinski definition) is 0.